The zero-order valence-electron chi connectivity index (χ0n) is 14.1. The molecule has 1 saturated heterocycles. The second kappa shape index (κ2) is 9.43. The van der Waals surface area contributed by atoms with Gasteiger partial charge >= 0.3 is 12.1 Å². The Morgan fingerprint density at radius 1 is 0.926 bits per heavy atom. The van der Waals surface area contributed by atoms with Crippen molar-refractivity contribution in [3.63, 3.8) is 0 Å². The van der Waals surface area contributed by atoms with Gasteiger partial charge in [-0.05, 0) is 0 Å². The van der Waals surface area contributed by atoms with Crippen molar-refractivity contribution in [2.45, 2.75) is 19.3 Å². The molecule has 1 fully saturated rings. The van der Waals surface area contributed by atoms with Gasteiger partial charge in [0.15, 0.2) is 0 Å². The highest BCUT2D eigenvalue weighted by Gasteiger charge is 2.33. The molecule has 0 atom stereocenters. The monoisotopic (exact) mass is 384 g/mol. The van der Waals surface area contributed by atoms with Crippen molar-refractivity contribution >= 4 is 35.8 Å². The van der Waals surface area contributed by atoms with Crippen LogP contribution >= 0.6 is 0 Å². The average Bonchev–Trinajstić information content (AvgIpc) is 3.11. The lowest BCUT2D eigenvalue weighted by molar-refractivity contribution is -0.182. The molecule has 2 aliphatic heterocycles. The molecule has 0 aromatic heterocycles. The van der Waals surface area contributed by atoms with Crippen LogP contribution in [0.2, 0.25) is 0 Å². The van der Waals surface area contributed by atoms with Crippen molar-refractivity contribution in [3.8, 4) is 0 Å². The van der Waals surface area contributed by atoms with E-state index >= 15 is 0 Å². The van der Waals surface area contributed by atoms with Crippen molar-refractivity contribution in [2.75, 3.05) is 26.6 Å². The summed E-state index contributed by atoms with van der Waals surface area (Å²) in [5, 5.41) is 0.295. The van der Waals surface area contributed by atoms with Gasteiger partial charge in [0.1, 0.15) is 0 Å². The normalized spacial score (nSPS) is 16.3. The molecule has 12 nitrogen and oxygen atoms in total. The molecule has 0 aromatic rings. The van der Waals surface area contributed by atoms with Crippen LogP contribution < -0.4 is 0 Å². The summed E-state index contributed by atoms with van der Waals surface area (Å²) < 4.78 is 14.1. The molecule has 2 heterocycles. The lowest BCUT2D eigenvalue weighted by atomic mass is 10.4. The number of hydroxylamine groups is 2. The van der Waals surface area contributed by atoms with Gasteiger partial charge in [0.25, 0.3) is 23.6 Å². The van der Waals surface area contributed by atoms with Gasteiger partial charge in [0.05, 0.1) is 26.2 Å². The molecule has 0 spiro atoms. The third kappa shape index (κ3) is 5.88. The summed E-state index contributed by atoms with van der Waals surface area (Å²) in [6.07, 6.45) is 0.661. The molecule has 146 valence electrons. The van der Waals surface area contributed by atoms with E-state index in [0.29, 0.717) is 5.06 Å². The molecule has 0 saturated carbocycles. The first-order valence-electron chi connectivity index (χ1n) is 7.86. The van der Waals surface area contributed by atoms with Crippen LogP contribution in [0.3, 0.4) is 0 Å². The van der Waals surface area contributed by atoms with Crippen molar-refractivity contribution in [1.82, 2.24) is 9.96 Å². The van der Waals surface area contributed by atoms with Gasteiger partial charge < -0.3 is 14.2 Å². The SMILES string of the molecule is O=C(CCOCCN1C(=O)C=CC1=O)OCOC(=O)ON1C(=O)CCC1=O. The van der Waals surface area contributed by atoms with Crippen LogP contribution in [0.25, 0.3) is 0 Å². The second-order valence-corrected chi connectivity index (χ2v) is 5.23. The number of nitrogens with zero attached hydrogens (tertiary/aromatic N) is 2. The molecular formula is C15H16N2O10. The molecule has 0 bridgehead atoms. The zero-order chi connectivity index (χ0) is 19.8. The number of carbonyl (C=O) groups excluding carboxylic acids is 6. The van der Waals surface area contributed by atoms with E-state index in [1.54, 1.807) is 0 Å². The van der Waals surface area contributed by atoms with Crippen LogP contribution in [0.5, 0.6) is 0 Å². The highest BCUT2D eigenvalue weighted by Crippen LogP contribution is 2.12. The number of rotatable bonds is 9. The third-order valence-electron chi connectivity index (χ3n) is 3.38. The predicted octanol–water partition coefficient (Wildman–Crippen LogP) is -0.964. The van der Waals surface area contributed by atoms with Crippen LogP contribution in [0.15, 0.2) is 12.2 Å². The second-order valence-electron chi connectivity index (χ2n) is 5.23. The van der Waals surface area contributed by atoms with Crippen molar-refractivity contribution in [1.29, 1.82) is 0 Å². The number of esters is 1. The highest BCUT2D eigenvalue weighted by atomic mass is 16.9. The minimum absolute atomic E-state index is 0.0380. The molecule has 27 heavy (non-hydrogen) atoms. The Bertz CT molecular complexity index is 652. The summed E-state index contributed by atoms with van der Waals surface area (Å²) in [5.41, 5.74) is 0. The summed E-state index contributed by atoms with van der Waals surface area (Å²) in [6, 6.07) is 0. The van der Waals surface area contributed by atoms with Crippen LogP contribution in [0.1, 0.15) is 19.3 Å². The average molecular weight is 384 g/mol. The summed E-state index contributed by atoms with van der Waals surface area (Å²) in [7, 11) is 0. The van der Waals surface area contributed by atoms with Crippen molar-refractivity contribution < 1.29 is 47.8 Å². The Labute approximate surface area is 152 Å². The lowest BCUT2D eigenvalue weighted by Crippen LogP contribution is -2.33. The van der Waals surface area contributed by atoms with Gasteiger partial charge in [-0.15, -0.1) is 0 Å². The number of amides is 4. The first-order valence-corrected chi connectivity index (χ1v) is 7.86. The zero-order valence-corrected chi connectivity index (χ0v) is 14.1. The molecule has 2 rings (SSSR count). The minimum atomic E-state index is -1.36. The standard InChI is InChI=1S/C15H16N2O10/c18-10-1-2-11(19)16(10)6-8-24-7-5-14(22)25-9-26-15(23)27-17-12(20)3-4-13(17)21/h1-2H,3-9H2. The maximum absolute atomic E-state index is 11.4. The predicted molar refractivity (Wildman–Crippen MR) is 80.9 cm³/mol. The summed E-state index contributed by atoms with van der Waals surface area (Å²) in [4.78, 5) is 73.1. The van der Waals surface area contributed by atoms with Gasteiger partial charge in [0.2, 0.25) is 6.79 Å². The van der Waals surface area contributed by atoms with Gasteiger partial charge in [-0.3, -0.25) is 33.7 Å². The largest absolute Gasteiger partial charge is 0.536 e. The highest BCUT2D eigenvalue weighted by molar-refractivity contribution is 6.12. The van der Waals surface area contributed by atoms with Gasteiger partial charge in [0, 0.05) is 25.0 Å². The molecule has 4 amide bonds. The van der Waals surface area contributed by atoms with E-state index in [1.165, 1.54) is 0 Å². The maximum Gasteiger partial charge on any atom is 0.536 e. The Hall–Kier alpha value is -3.28. The Morgan fingerprint density at radius 3 is 2.19 bits per heavy atom. The molecular weight excluding hydrogens is 368 g/mol. The molecule has 0 radical (unpaired) electrons. The van der Waals surface area contributed by atoms with E-state index in [2.05, 4.69) is 14.3 Å². The smallest absolute Gasteiger partial charge is 0.428 e. The van der Waals surface area contributed by atoms with E-state index in [0.717, 1.165) is 17.1 Å². The summed E-state index contributed by atoms with van der Waals surface area (Å²) in [5.74, 6) is -2.93. The number of imide groups is 2. The molecule has 0 unspecified atom stereocenters. The number of carbonyl (C=O) groups is 6. The Kier molecular flexibility index (Phi) is 7.00. The van der Waals surface area contributed by atoms with Gasteiger partial charge in [-0.1, -0.05) is 5.06 Å². The van der Waals surface area contributed by atoms with E-state index in [9.17, 15) is 28.8 Å². The minimum Gasteiger partial charge on any atom is -0.428 e. The molecule has 0 N–H and O–H groups in total. The molecule has 2 aliphatic rings. The molecule has 0 aliphatic carbocycles. The Balaban J connectivity index is 1.50. The van der Waals surface area contributed by atoms with Gasteiger partial charge in [-0.25, -0.2) is 4.79 Å². The van der Waals surface area contributed by atoms with Crippen molar-refractivity contribution in [3.05, 3.63) is 12.2 Å². The van der Waals surface area contributed by atoms with E-state index in [1.807, 2.05) is 0 Å². The summed E-state index contributed by atoms with van der Waals surface area (Å²) >= 11 is 0. The Morgan fingerprint density at radius 2 is 1.56 bits per heavy atom. The lowest BCUT2D eigenvalue weighted by Gasteiger charge is -2.13. The quantitative estimate of drug-likeness (QED) is 0.211. The topological polar surface area (TPSA) is 146 Å². The fraction of sp³-hybridized carbons (Fsp3) is 0.467. The fourth-order valence-electron chi connectivity index (χ4n) is 2.04. The molecule has 12 heteroatoms. The van der Waals surface area contributed by atoms with E-state index < -0.39 is 42.5 Å². The maximum atomic E-state index is 11.4. The van der Waals surface area contributed by atoms with Crippen LogP contribution in [0, 0.1) is 0 Å². The first-order chi connectivity index (χ1) is 12.9. The van der Waals surface area contributed by atoms with E-state index in [-0.39, 0.29) is 39.0 Å². The molecule has 0 aromatic carbocycles. The van der Waals surface area contributed by atoms with E-state index in [4.69, 9.17) is 4.74 Å². The van der Waals surface area contributed by atoms with Crippen LogP contribution in [-0.4, -0.2) is 72.3 Å². The van der Waals surface area contributed by atoms with Crippen LogP contribution in [0.4, 0.5) is 4.79 Å². The fourth-order valence-corrected chi connectivity index (χ4v) is 2.04. The first kappa shape index (κ1) is 20.0. The third-order valence-corrected chi connectivity index (χ3v) is 3.38. The number of hydrogen-bond donors (Lipinski definition) is 0. The van der Waals surface area contributed by atoms with Crippen molar-refractivity contribution in [2.24, 2.45) is 0 Å². The van der Waals surface area contributed by atoms with Crippen LogP contribution in [-0.2, 0) is 43.0 Å². The summed E-state index contributed by atoms with van der Waals surface area (Å²) in [6.45, 7) is -0.699. The number of hydrogen-bond acceptors (Lipinski definition) is 10. The van der Waals surface area contributed by atoms with Gasteiger partial charge in [-0.2, -0.15) is 0 Å². The number of ether oxygens (including phenoxy) is 3.